The van der Waals surface area contributed by atoms with Crippen molar-refractivity contribution < 1.29 is 32.7 Å². The van der Waals surface area contributed by atoms with E-state index in [0.29, 0.717) is 80.6 Å². The Morgan fingerprint density at radius 1 is 0.910 bits per heavy atom. The number of ether oxygens (including phenoxy) is 1. The highest BCUT2D eigenvalue weighted by molar-refractivity contribution is 6.07. The first-order chi connectivity index (χ1) is 32.2. The summed E-state index contributed by atoms with van der Waals surface area (Å²) < 4.78 is 39.7. The second kappa shape index (κ2) is 17.7. The number of piperidine rings is 3. The molecule has 1 saturated carbocycles. The van der Waals surface area contributed by atoms with Crippen molar-refractivity contribution in [2.24, 2.45) is 5.41 Å². The number of anilines is 4. The van der Waals surface area contributed by atoms with Gasteiger partial charge in [-0.2, -0.15) is 0 Å². The Bertz CT molecular complexity index is 2600. The number of hydrogen-bond acceptors (Lipinski definition) is 11. The highest BCUT2D eigenvalue weighted by Gasteiger charge is 2.50. The zero-order chi connectivity index (χ0) is 46.8. The molecule has 5 amide bonds. The summed E-state index contributed by atoms with van der Waals surface area (Å²) in [6.45, 7) is 7.89. The Hall–Kier alpha value is -5.72. The summed E-state index contributed by atoms with van der Waals surface area (Å²) in [5.74, 6) is -2.86. The van der Waals surface area contributed by atoms with E-state index in [2.05, 4.69) is 38.0 Å². The lowest BCUT2D eigenvalue weighted by molar-refractivity contribution is -0.139. The average Bonchev–Trinajstić information content (AvgIpc) is 3.95. The number of aromatic nitrogens is 3. The molecule has 1 spiro atoms. The molecule has 0 bridgehead atoms. The summed E-state index contributed by atoms with van der Waals surface area (Å²) in [6, 6.07) is 10.3. The number of methoxy groups -OCH3 is 1. The molecule has 1 aliphatic carbocycles. The van der Waals surface area contributed by atoms with Crippen LogP contribution in [0.15, 0.2) is 42.6 Å². The third kappa shape index (κ3) is 8.38. The minimum atomic E-state index is -2.88. The first-order valence-corrected chi connectivity index (χ1v) is 23.9. The number of nitrogens with one attached hydrogen (secondary N) is 3. The molecule has 3 N–H and O–H groups in total. The fraction of sp³-hybridized carbons (Fsp3) is 0.551. The Balaban J connectivity index is 0.750. The quantitative estimate of drug-likeness (QED) is 0.180. The Morgan fingerprint density at radius 3 is 2.37 bits per heavy atom. The molecule has 67 heavy (non-hydrogen) atoms. The van der Waals surface area contributed by atoms with Gasteiger partial charge in [0, 0.05) is 82.9 Å². The van der Waals surface area contributed by atoms with E-state index < -0.39 is 18.0 Å². The zero-order valence-corrected chi connectivity index (χ0v) is 38.9. The second-order valence-corrected chi connectivity index (χ2v) is 19.6. The number of likely N-dealkylation sites (tertiary alicyclic amines) is 3. The maximum atomic E-state index is 16.3. The molecule has 4 aromatic rings. The Kier molecular flexibility index (Phi) is 11.9. The largest absolute Gasteiger partial charge is 0.385 e. The van der Waals surface area contributed by atoms with Gasteiger partial charge in [0.05, 0.1) is 36.6 Å². The number of benzene rings is 2. The number of aryl methyl sites for hydroxylation is 1. The number of urea groups is 1. The number of alkyl halides is 2. The van der Waals surface area contributed by atoms with Gasteiger partial charge in [-0.25, -0.2) is 23.1 Å². The summed E-state index contributed by atoms with van der Waals surface area (Å²) in [4.78, 5) is 65.7. The fourth-order valence-electron chi connectivity index (χ4n) is 11.5. The van der Waals surface area contributed by atoms with Crippen molar-refractivity contribution in [3.63, 3.8) is 0 Å². The van der Waals surface area contributed by atoms with E-state index in [9.17, 15) is 19.2 Å². The second-order valence-electron chi connectivity index (χ2n) is 19.6. The van der Waals surface area contributed by atoms with Crippen molar-refractivity contribution >= 4 is 52.3 Å². The van der Waals surface area contributed by atoms with E-state index in [1.807, 2.05) is 53.8 Å². The molecule has 5 fully saturated rings. The van der Waals surface area contributed by atoms with Crippen LogP contribution in [0.5, 0.6) is 0 Å². The molecular formula is C49H61F2N11O5. The molecule has 2 unspecified atom stereocenters. The maximum Gasteiger partial charge on any atom is 0.328 e. The molecular weight excluding hydrogens is 861 g/mol. The number of imide groups is 1. The van der Waals surface area contributed by atoms with E-state index in [0.717, 1.165) is 78.6 Å². The van der Waals surface area contributed by atoms with Gasteiger partial charge in [-0.1, -0.05) is 12.1 Å². The molecule has 7 heterocycles. The summed E-state index contributed by atoms with van der Waals surface area (Å²) in [6.07, 6.45) is 7.94. The summed E-state index contributed by atoms with van der Waals surface area (Å²) >= 11 is 0. The van der Waals surface area contributed by atoms with Crippen molar-refractivity contribution in [2.75, 3.05) is 81.6 Å². The minimum absolute atomic E-state index is 0.00501. The van der Waals surface area contributed by atoms with Crippen molar-refractivity contribution in [1.82, 2.24) is 39.9 Å². The van der Waals surface area contributed by atoms with Crippen molar-refractivity contribution in [1.29, 1.82) is 0 Å². The van der Waals surface area contributed by atoms with E-state index in [-0.39, 0.29) is 54.8 Å². The van der Waals surface area contributed by atoms with E-state index in [1.165, 1.54) is 4.90 Å². The average molecular weight is 922 g/mol. The van der Waals surface area contributed by atoms with Crippen LogP contribution in [0, 0.1) is 19.3 Å². The minimum Gasteiger partial charge on any atom is -0.385 e. The molecule has 3 atom stereocenters. The van der Waals surface area contributed by atoms with Crippen LogP contribution >= 0.6 is 0 Å². The standard InChI is InChI=1S/C49H61F2N11O5/c1-30-24-33(25-38(31(30)2)61-19-12-43(63)55-47(61)66)46(65)59-22-15-48(16-23-59)13-20-58(21-14-48)41-11-17-57(29-49(41,50)51)28-32-6-5-7-37-34(32)10-18-60(37)42-26-36(52-3)44-53-27-39(62(44)56-42)45(64)54-35-8-9-40(35)67-4/h5-7,24-27,35,40-41,52H,8-23,28-29H2,1-4H3,(H,54,64)(H,55,63,66)/t35?,40-,41?/m1/s1. The first-order valence-electron chi connectivity index (χ1n) is 23.9. The van der Waals surface area contributed by atoms with Gasteiger partial charge >= 0.3 is 6.03 Å². The van der Waals surface area contributed by atoms with Gasteiger partial charge in [0.25, 0.3) is 17.7 Å². The van der Waals surface area contributed by atoms with E-state index in [1.54, 1.807) is 23.9 Å². The molecule has 5 aliphatic heterocycles. The number of halogens is 2. The number of carbonyl (C=O) groups excluding carboxylic acids is 4. The van der Waals surface area contributed by atoms with Crippen molar-refractivity contribution in [3.05, 3.63) is 76.1 Å². The van der Waals surface area contributed by atoms with Crippen molar-refractivity contribution in [2.45, 2.75) is 102 Å². The SMILES string of the molecule is CNc1cc(N2CCc3c(CN4CCC(N5CCC6(CCN(C(=O)c7cc(C)c(C)c(N8CCC(=O)NC8=O)c7)CC6)CC5)C(F)(F)C4)cccc32)nn2c(C(=O)NC3CC[C@H]3OC)cnc12. The first kappa shape index (κ1) is 45.1. The number of nitrogens with zero attached hydrogens (tertiary/aromatic N) is 8. The maximum absolute atomic E-state index is 16.3. The zero-order valence-electron chi connectivity index (χ0n) is 38.9. The van der Waals surface area contributed by atoms with Gasteiger partial charge in [-0.15, -0.1) is 5.10 Å². The molecule has 2 aromatic heterocycles. The molecule has 356 valence electrons. The lowest BCUT2D eigenvalue weighted by Crippen LogP contribution is -2.60. The van der Waals surface area contributed by atoms with Gasteiger partial charge in [0.1, 0.15) is 0 Å². The van der Waals surface area contributed by atoms with Crippen LogP contribution in [0.1, 0.15) is 94.5 Å². The molecule has 10 rings (SSSR count). The van der Waals surface area contributed by atoms with Gasteiger partial charge in [-0.3, -0.25) is 34.4 Å². The number of hydrogen-bond donors (Lipinski definition) is 3. The number of imidazole rings is 1. The van der Waals surface area contributed by atoms with Crippen LogP contribution in [0.4, 0.5) is 36.5 Å². The molecule has 2 aromatic carbocycles. The topological polar surface area (TPSA) is 160 Å². The van der Waals surface area contributed by atoms with Gasteiger partial charge in [0.15, 0.2) is 17.2 Å². The van der Waals surface area contributed by atoms with Crippen LogP contribution < -0.4 is 25.8 Å². The fourth-order valence-corrected chi connectivity index (χ4v) is 11.5. The third-order valence-corrected chi connectivity index (χ3v) is 15.9. The van der Waals surface area contributed by atoms with Crippen LogP contribution in [0.3, 0.4) is 0 Å². The van der Waals surface area contributed by atoms with Crippen LogP contribution in [-0.2, 0) is 22.5 Å². The lowest BCUT2D eigenvalue weighted by Gasteiger charge is -2.51. The highest BCUT2D eigenvalue weighted by Crippen LogP contribution is 2.45. The molecule has 16 nitrogen and oxygen atoms in total. The van der Waals surface area contributed by atoms with Crippen LogP contribution in [0.25, 0.3) is 5.65 Å². The summed E-state index contributed by atoms with van der Waals surface area (Å²) in [5, 5.41) is 13.6. The van der Waals surface area contributed by atoms with Crippen LogP contribution in [0.2, 0.25) is 0 Å². The predicted molar refractivity (Wildman–Crippen MR) is 249 cm³/mol. The Labute approximate surface area is 389 Å². The van der Waals surface area contributed by atoms with Gasteiger partial charge in [0.2, 0.25) is 5.91 Å². The number of rotatable bonds is 10. The summed E-state index contributed by atoms with van der Waals surface area (Å²) in [5.41, 5.74) is 7.72. The summed E-state index contributed by atoms with van der Waals surface area (Å²) in [7, 11) is 3.47. The molecule has 4 saturated heterocycles. The number of amides is 5. The van der Waals surface area contributed by atoms with Gasteiger partial charge in [-0.05, 0) is 124 Å². The van der Waals surface area contributed by atoms with E-state index >= 15 is 8.78 Å². The molecule has 0 radical (unpaired) electrons. The van der Waals surface area contributed by atoms with E-state index in [4.69, 9.17) is 9.84 Å². The number of fused-ring (bicyclic) bond motifs is 2. The smallest absolute Gasteiger partial charge is 0.328 e. The lowest BCUT2D eigenvalue weighted by atomic mass is 9.70. The number of carbonyl (C=O) groups is 4. The highest BCUT2D eigenvalue weighted by atomic mass is 19.3. The van der Waals surface area contributed by atoms with Crippen molar-refractivity contribution in [3.8, 4) is 0 Å². The third-order valence-electron chi connectivity index (χ3n) is 15.9. The Morgan fingerprint density at radius 2 is 1.67 bits per heavy atom. The van der Waals surface area contributed by atoms with Crippen LogP contribution in [-0.4, -0.2) is 144 Å². The normalized spacial score (nSPS) is 24.1. The predicted octanol–water partition coefficient (Wildman–Crippen LogP) is 5.66. The molecule has 6 aliphatic rings. The monoisotopic (exact) mass is 921 g/mol. The van der Waals surface area contributed by atoms with Gasteiger partial charge < -0.3 is 25.2 Å². The molecule has 18 heteroatoms.